The molecule has 2 rings (SSSR count). The molecule has 0 bridgehead atoms. The molecule has 100 valence electrons. The first kappa shape index (κ1) is 13.3. The van der Waals surface area contributed by atoms with Crippen molar-refractivity contribution in [1.29, 1.82) is 0 Å². The van der Waals surface area contributed by atoms with Gasteiger partial charge >= 0.3 is 0 Å². The van der Waals surface area contributed by atoms with E-state index < -0.39 is 0 Å². The van der Waals surface area contributed by atoms with Crippen LogP contribution in [0.5, 0.6) is 0 Å². The van der Waals surface area contributed by atoms with Gasteiger partial charge in [0.2, 0.25) is 0 Å². The quantitative estimate of drug-likeness (QED) is 0.565. The number of hydrogen-bond donors (Lipinski definition) is 3. The molecule has 0 unspecified atom stereocenters. The van der Waals surface area contributed by atoms with Gasteiger partial charge in [0.15, 0.2) is 5.16 Å². The van der Waals surface area contributed by atoms with Gasteiger partial charge in [0.25, 0.3) is 0 Å². The summed E-state index contributed by atoms with van der Waals surface area (Å²) in [6, 6.07) is 1.50. The average Bonchev–Trinajstić information content (AvgIpc) is 2.26. The number of nitrogens with zero attached hydrogens (tertiary/aromatic N) is 4. The van der Waals surface area contributed by atoms with Gasteiger partial charge in [-0.25, -0.2) is 19.9 Å². The molecule has 0 spiro atoms. The molecule has 0 saturated heterocycles. The number of nitrogen functional groups attached to an aromatic ring is 3. The van der Waals surface area contributed by atoms with E-state index >= 15 is 0 Å². The van der Waals surface area contributed by atoms with Crippen molar-refractivity contribution in [2.45, 2.75) is 29.9 Å². The van der Waals surface area contributed by atoms with Crippen molar-refractivity contribution in [3.05, 3.63) is 18.0 Å². The molecule has 6 N–H and O–H groups in total. The highest BCUT2D eigenvalue weighted by atomic mass is 32.2. The Morgan fingerprint density at radius 2 is 1.68 bits per heavy atom. The summed E-state index contributed by atoms with van der Waals surface area (Å²) in [5.41, 5.74) is 18.0. The van der Waals surface area contributed by atoms with Gasteiger partial charge in [0, 0.05) is 11.6 Å². The van der Waals surface area contributed by atoms with Crippen LogP contribution in [0.4, 0.5) is 17.5 Å². The van der Waals surface area contributed by atoms with E-state index in [4.69, 9.17) is 17.2 Å². The molecule has 0 aliphatic carbocycles. The van der Waals surface area contributed by atoms with E-state index in [2.05, 4.69) is 19.9 Å². The van der Waals surface area contributed by atoms with Gasteiger partial charge in [-0.05, 0) is 17.7 Å². The Bertz CT molecular complexity index is 579. The normalized spacial score (nSPS) is 10.9. The molecule has 0 fully saturated rings. The highest BCUT2D eigenvalue weighted by molar-refractivity contribution is 7.99. The predicted molar refractivity (Wildman–Crippen MR) is 75.5 cm³/mol. The summed E-state index contributed by atoms with van der Waals surface area (Å²) in [7, 11) is 0. The van der Waals surface area contributed by atoms with Gasteiger partial charge in [-0.2, -0.15) is 0 Å². The maximum absolute atomic E-state index is 5.88. The molecule has 2 aromatic heterocycles. The Morgan fingerprint density at radius 3 is 2.26 bits per heavy atom. The van der Waals surface area contributed by atoms with E-state index in [-0.39, 0.29) is 5.92 Å². The summed E-state index contributed by atoms with van der Waals surface area (Å²) in [5.74, 6) is 1.30. The van der Waals surface area contributed by atoms with Crippen LogP contribution in [-0.4, -0.2) is 19.9 Å². The van der Waals surface area contributed by atoms with Crippen LogP contribution in [0.3, 0.4) is 0 Å². The van der Waals surface area contributed by atoms with Crippen molar-refractivity contribution < 1.29 is 0 Å². The maximum atomic E-state index is 5.88. The summed E-state index contributed by atoms with van der Waals surface area (Å²) >= 11 is 1.27. The monoisotopic (exact) mass is 277 g/mol. The lowest BCUT2D eigenvalue weighted by Crippen LogP contribution is -2.04. The third-order valence-corrected chi connectivity index (χ3v) is 3.27. The molecule has 2 heterocycles. The predicted octanol–water partition coefficient (Wildman–Crippen LogP) is 1.29. The molecule has 0 saturated carbocycles. The van der Waals surface area contributed by atoms with Crippen LogP contribution >= 0.6 is 11.8 Å². The average molecular weight is 277 g/mol. The van der Waals surface area contributed by atoms with Gasteiger partial charge in [-0.1, -0.05) is 13.8 Å². The maximum Gasteiger partial charge on any atom is 0.197 e. The van der Waals surface area contributed by atoms with Crippen LogP contribution in [-0.2, 0) is 0 Å². The largest absolute Gasteiger partial charge is 0.383 e. The Labute approximate surface area is 115 Å². The first-order valence-corrected chi connectivity index (χ1v) is 6.47. The van der Waals surface area contributed by atoms with Crippen LogP contribution in [0.2, 0.25) is 0 Å². The van der Waals surface area contributed by atoms with Crippen molar-refractivity contribution in [2.24, 2.45) is 0 Å². The highest BCUT2D eigenvalue weighted by Gasteiger charge is 2.15. The fraction of sp³-hybridized carbons (Fsp3) is 0.273. The zero-order valence-electron chi connectivity index (χ0n) is 10.7. The number of hydrogen-bond acceptors (Lipinski definition) is 8. The van der Waals surface area contributed by atoms with Crippen LogP contribution < -0.4 is 17.2 Å². The second-order valence-electron chi connectivity index (χ2n) is 4.23. The number of aromatic nitrogens is 4. The second kappa shape index (κ2) is 5.27. The Kier molecular flexibility index (Phi) is 3.70. The van der Waals surface area contributed by atoms with Crippen LogP contribution in [0, 0.1) is 0 Å². The van der Waals surface area contributed by atoms with Crippen LogP contribution in [0.15, 0.2) is 22.6 Å². The minimum Gasteiger partial charge on any atom is -0.383 e. The van der Waals surface area contributed by atoms with Gasteiger partial charge < -0.3 is 17.2 Å². The summed E-state index contributed by atoms with van der Waals surface area (Å²) < 4.78 is 0. The smallest absolute Gasteiger partial charge is 0.197 e. The third kappa shape index (κ3) is 3.02. The lowest BCUT2D eigenvalue weighted by molar-refractivity contribution is 0.806. The molecule has 8 heteroatoms. The summed E-state index contributed by atoms with van der Waals surface area (Å²) in [6.45, 7) is 4.04. The van der Waals surface area contributed by atoms with Gasteiger partial charge in [-0.15, -0.1) is 0 Å². The minimum absolute atomic E-state index is 0.196. The number of anilines is 3. The van der Waals surface area contributed by atoms with Crippen LogP contribution in [0.1, 0.15) is 25.3 Å². The molecule has 0 atom stereocenters. The van der Waals surface area contributed by atoms with Crippen molar-refractivity contribution in [3.8, 4) is 0 Å². The lowest BCUT2D eigenvalue weighted by atomic mass is 10.1. The van der Waals surface area contributed by atoms with Crippen molar-refractivity contribution in [3.63, 3.8) is 0 Å². The molecule has 2 aromatic rings. The fourth-order valence-corrected chi connectivity index (χ4v) is 2.64. The van der Waals surface area contributed by atoms with Crippen molar-refractivity contribution in [2.75, 3.05) is 17.2 Å². The third-order valence-electron chi connectivity index (χ3n) is 2.39. The second-order valence-corrected chi connectivity index (χ2v) is 5.19. The summed E-state index contributed by atoms with van der Waals surface area (Å²) in [6.07, 6.45) is 1.42. The molecule has 7 nitrogen and oxygen atoms in total. The van der Waals surface area contributed by atoms with Gasteiger partial charge in [0.05, 0.1) is 0 Å². The topological polar surface area (TPSA) is 130 Å². The summed E-state index contributed by atoms with van der Waals surface area (Å²) in [5, 5.41) is 1.16. The molecule has 0 radical (unpaired) electrons. The zero-order chi connectivity index (χ0) is 14.0. The van der Waals surface area contributed by atoms with E-state index in [0.717, 1.165) is 5.56 Å². The van der Waals surface area contributed by atoms with Crippen molar-refractivity contribution >= 4 is 29.2 Å². The Morgan fingerprint density at radius 1 is 1.05 bits per heavy atom. The van der Waals surface area contributed by atoms with E-state index in [9.17, 15) is 0 Å². The molecule has 0 aliphatic heterocycles. The van der Waals surface area contributed by atoms with E-state index in [0.29, 0.717) is 27.6 Å². The molecular formula is C11H15N7S. The minimum atomic E-state index is 0.196. The SMILES string of the molecule is CC(C)c1c(N)ncnc1Sc1nc(N)cc(N)n1. The Hall–Kier alpha value is -2.09. The summed E-state index contributed by atoms with van der Waals surface area (Å²) in [4.78, 5) is 16.4. The first-order chi connectivity index (χ1) is 8.97. The van der Waals surface area contributed by atoms with E-state index in [1.165, 1.54) is 24.2 Å². The molecule has 0 aromatic carbocycles. The number of rotatable bonds is 3. The highest BCUT2D eigenvalue weighted by Crippen LogP contribution is 2.33. The van der Waals surface area contributed by atoms with Crippen molar-refractivity contribution in [1.82, 2.24) is 19.9 Å². The van der Waals surface area contributed by atoms with E-state index in [1.54, 1.807) is 0 Å². The molecular weight excluding hydrogens is 262 g/mol. The van der Waals surface area contributed by atoms with E-state index in [1.807, 2.05) is 13.8 Å². The van der Waals surface area contributed by atoms with Crippen LogP contribution in [0.25, 0.3) is 0 Å². The Balaban J connectivity index is 2.40. The lowest BCUT2D eigenvalue weighted by Gasteiger charge is -2.12. The standard InChI is InChI=1S/C11H15N7S/c1-5(2)8-9(14)15-4-16-10(8)19-11-17-6(12)3-7(13)18-11/h3-5H,1-2H3,(H2,14,15,16)(H4,12,13,17,18). The number of nitrogens with two attached hydrogens (primary N) is 3. The molecule has 0 aliphatic rings. The molecule has 0 amide bonds. The van der Waals surface area contributed by atoms with Gasteiger partial charge in [0.1, 0.15) is 28.8 Å². The van der Waals surface area contributed by atoms with Gasteiger partial charge in [-0.3, -0.25) is 0 Å². The fourth-order valence-electron chi connectivity index (χ4n) is 1.61. The molecule has 19 heavy (non-hydrogen) atoms. The zero-order valence-corrected chi connectivity index (χ0v) is 11.5. The first-order valence-electron chi connectivity index (χ1n) is 5.65.